The number of nitrogens with one attached hydrogen (secondary N) is 1. The highest BCUT2D eigenvalue weighted by molar-refractivity contribution is 7.77. The minimum atomic E-state index is -2.19. The Morgan fingerprint density at radius 3 is 2.33 bits per heavy atom. The molecule has 0 bridgehead atoms. The van der Waals surface area contributed by atoms with Gasteiger partial charge in [-0.3, -0.25) is 4.21 Å². The lowest BCUT2D eigenvalue weighted by Crippen LogP contribution is -2.28. The maximum Gasteiger partial charge on any atom is 0.0991 e. The summed E-state index contributed by atoms with van der Waals surface area (Å²) in [6.45, 7) is 1.90. The lowest BCUT2D eigenvalue weighted by Gasteiger charge is -2.15. The highest BCUT2D eigenvalue weighted by atomic mass is 32.2. The van der Waals surface area contributed by atoms with Crippen molar-refractivity contribution in [2.45, 2.75) is 31.7 Å². The molecule has 1 aliphatic carbocycles. The van der Waals surface area contributed by atoms with Gasteiger partial charge >= 0.3 is 0 Å². The van der Waals surface area contributed by atoms with Crippen LogP contribution in [0.5, 0.6) is 0 Å². The smallest absolute Gasteiger partial charge is 0.0991 e. The summed E-state index contributed by atoms with van der Waals surface area (Å²) in [5, 5.41) is 8.85. The van der Waals surface area contributed by atoms with Crippen LogP contribution in [0.3, 0.4) is 0 Å². The van der Waals surface area contributed by atoms with Gasteiger partial charge in [-0.25, -0.2) is 4.72 Å². The fourth-order valence-electron chi connectivity index (χ4n) is 3.24. The second kappa shape index (κ2) is 7.27. The highest BCUT2D eigenvalue weighted by Gasteiger charge is 2.38. The minimum Gasteiger partial charge on any atom is -0.760 e. The van der Waals surface area contributed by atoms with E-state index in [4.69, 9.17) is 5.26 Å². The number of hydrogen-bond donors (Lipinski definition) is 1. The first kappa shape index (κ1) is 16.8. The first-order chi connectivity index (χ1) is 11.6. The zero-order valence-electron chi connectivity index (χ0n) is 13.4. The van der Waals surface area contributed by atoms with Crippen LogP contribution in [-0.4, -0.2) is 14.8 Å². The van der Waals surface area contributed by atoms with Crippen molar-refractivity contribution >= 4 is 11.3 Å². The monoisotopic (exact) mass is 339 g/mol. The van der Waals surface area contributed by atoms with Crippen LogP contribution >= 0.6 is 0 Å². The van der Waals surface area contributed by atoms with Crippen molar-refractivity contribution in [1.29, 1.82) is 5.26 Å². The van der Waals surface area contributed by atoms with Crippen LogP contribution in [0.15, 0.2) is 48.5 Å². The van der Waals surface area contributed by atoms with Crippen molar-refractivity contribution in [2.75, 3.05) is 0 Å². The molecule has 2 aromatic rings. The molecule has 124 valence electrons. The second-order valence-corrected chi connectivity index (χ2v) is 7.11. The van der Waals surface area contributed by atoms with Crippen molar-refractivity contribution in [1.82, 2.24) is 4.72 Å². The Bertz CT molecular complexity index is 765. The van der Waals surface area contributed by atoms with Crippen molar-refractivity contribution < 1.29 is 8.76 Å². The molecule has 5 heteroatoms. The average Bonchev–Trinajstić information content (AvgIpc) is 3.33. The molecule has 24 heavy (non-hydrogen) atoms. The van der Waals surface area contributed by atoms with E-state index in [1.165, 1.54) is 5.56 Å². The van der Waals surface area contributed by atoms with Gasteiger partial charge in [0.05, 0.1) is 11.6 Å². The molecule has 1 fully saturated rings. The summed E-state index contributed by atoms with van der Waals surface area (Å²) in [5.41, 5.74) is 4.21. The van der Waals surface area contributed by atoms with Gasteiger partial charge in [-0.15, -0.1) is 0 Å². The van der Waals surface area contributed by atoms with Crippen molar-refractivity contribution in [3.8, 4) is 17.2 Å². The predicted octanol–water partition coefficient (Wildman–Crippen LogP) is 3.49. The van der Waals surface area contributed by atoms with E-state index < -0.39 is 11.3 Å². The Morgan fingerprint density at radius 1 is 1.21 bits per heavy atom. The van der Waals surface area contributed by atoms with E-state index >= 15 is 0 Å². The largest absolute Gasteiger partial charge is 0.760 e. The zero-order chi connectivity index (χ0) is 17.1. The van der Waals surface area contributed by atoms with E-state index in [9.17, 15) is 8.76 Å². The van der Waals surface area contributed by atoms with Crippen LogP contribution < -0.4 is 4.72 Å². The van der Waals surface area contributed by atoms with E-state index in [-0.39, 0.29) is 6.04 Å². The molecule has 0 radical (unpaired) electrons. The number of nitrogens with zero attached hydrogens (tertiary/aromatic N) is 1. The molecule has 0 aliphatic heterocycles. The molecule has 0 saturated heterocycles. The molecule has 2 aromatic carbocycles. The van der Waals surface area contributed by atoms with Crippen LogP contribution in [0.2, 0.25) is 0 Å². The van der Waals surface area contributed by atoms with Gasteiger partial charge in [-0.2, -0.15) is 5.26 Å². The van der Waals surface area contributed by atoms with Crippen LogP contribution in [0.25, 0.3) is 11.1 Å². The van der Waals surface area contributed by atoms with E-state index in [1.807, 2.05) is 31.2 Å². The number of benzene rings is 2. The van der Waals surface area contributed by atoms with Crippen molar-refractivity contribution in [2.24, 2.45) is 5.92 Å². The lowest BCUT2D eigenvalue weighted by molar-refractivity contribution is 0.490. The molecule has 0 spiro atoms. The van der Waals surface area contributed by atoms with Crippen molar-refractivity contribution in [3.05, 3.63) is 59.7 Å². The van der Waals surface area contributed by atoms with Gasteiger partial charge in [0.25, 0.3) is 0 Å². The standard InChI is InChI=1S/C19H20N2O2S/c1-13(21-24(22)23)10-18-11-19(18)17-8-6-16(7-9-17)15-4-2-14(12-20)3-5-15/h2-9,13,18-19,21H,10-11H2,1H3,(H,22,23)/p-1. The summed E-state index contributed by atoms with van der Waals surface area (Å²) < 4.78 is 23.8. The third-order valence-electron chi connectivity index (χ3n) is 4.56. The van der Waals surface area contributed by atoms with Gasteiger partial charge < -0.3 is 4.55 Å². The number of nitriles is 1. The van der Waals surface area contributed by atoms with E-state index in [0.717, 1.165) is 24.0 Å². The Hall–Kier alpha value is -2.00. The molecule has 0 heterocycles. The summed E-state index contributed by atoms with van der Waals surface area (Å²) in [4.78, 5) is 0. The highest BCUT2D eigenvalue weighted by Crippen LogP contribution is 2.50. The first-order valence-corrected chi connectivity index (χ1v) is 9.10. The number of hydrogen-bond acceptors (Lipinski definition) is 3. The summed E-state index contributed by atoms with van der Waals surface area (Å²) in [6, 6.07) is 18.2. The average molecular weight is 339 g/mol. The summed E-state index contributed by atoms with van der Waals surface area (Å²) in [5.74, 6) is 1.08. The molecule has 4 atom stereocenters. The van der Waals surface area contributed by atoms with Gasteiger partial charge in [-0.1, -0.05) is 36.4 Å². The third-order valence-corrected chi connectivity index (χ3v) is 5.16. The van der Waals surface area contributed by atoms with Gasteiger partial charge in [0.15, 0.2) is 0 Å². The topological polar surface area (TPSA) is 76.0 Å². The maximum atomic E-state index is 10.6. The van der Waals surface area contributed by atoms with E-state index in [0.29, 0.717) is 17.4 Å². The summed E-state index contributed by atoms with van der Waals surface area (Å²) in [7, 11) is 0. The van der Waals surface area contributed by atoms with Gasteiger partial charge in [0, 0.05) is 17.3 Å². The van der Waals surface area contributed by atoms with Gasteiger partial charge in [0.1, 0.15) is 0 Å². The molecule has 1 saturated carbocycles. The van der Waals surface area contributed by atoms with Crippen LogP contribution in [0.4, 0.5) is 0 Å². The van der Waals surface area contributed by atoms with Crippen LogP contribution in [0.1, 0.15) is 36.8 Å². The Balaban J connectivity index is 1.61. The zero-order valence-corrected chi connectivity index (χ0v) is 14.3. The summed E-state index contributed by atoms with van der Waals surface area (Å²) >= 11 is -2.19. The molecule has 1 aliphatic rings. The molecule has 0 aromatic heterocycles. The quantitative estimate of drug-likeness (QED) is 0.819. The van der Waals surface area contributed by atoms with Gasteiger partial charge in [-0.05, 0) is 60.4 Å². The Labute approximate surface area is 144 Å². The third kappa shape index (κ3) is 4.09. The van der Waals surface area contributed by atoms with E-state index in [1.54, 1.807) is 0 Å². The lowest BCUT2D eigenvalue weighted by atomic mass is 10.00. The molecule has 4 nitrogen and oxygen atoms in total. The Morgan fingerprint density at radius 2 is 1.79 bits per heavy atom. The first-order valence-electron chi connectivity index (χ1n) is 8.02. The molecule has 0 amide bonds. The molecule has 4 unspecified atom stereocenters. The second-order valence-electron chi connectivity index (χ2n) is 6.40. The van der Waals surface area contributed by atoms with Crippen molar-refractivity contribution in [3.63, 3.8) is 0 Å². The van der Waals surface area contributed by atoms with E-state index in [2.05, 4.69) is 35.1 Å². The molecular formula is C19H19N2O2S-. The normalized spacial score (nSPS) is 21.7. The summed E-state index contributed by atoms with van der Waals surface area (Å²) in [6.07, 6.45) is 1.99. The minimum absolute atomic E-state index is 0.0174. The molecule has 3 rings (SSSR count). The number of rotatable bonds is 6. The predicted molar refractivity (Wildman–Crippen MR) is 93.6 cm³/mol. The molecular weight excluding hydrogens is 320 g/mol. The van der Waals surface area contributed by atoms with Gasteiger partial charge in [0.2, 0.25) is 0 Å². The maximum absolute atomic E-state index is 10.6. The Kier molecular flexibility index (Phi) is 5.10. The fourth-order valence-corrected chi connectivity index (χ4v) is 3.67. The fraction of sp³-hybridized carbons (Fsp3) is 0.316. The van der Waals surface area contributed by atoms with Crippen LogP contribution in [-0.2, 0) is 11.3 Å². The molecule has 1 N–H and O–H groups in total. The SMILES string of the molecule is CC(CC1CC1c1ccc(-c2ccc(C#N)cc2)cc1)NS(=O)[O-]. The van der Waals surface area contributed by atoms with Crippen LogP contribution in [0, 0.1) is 17.2 Å².